The van der Waals surface area contributed by atoms with Gasteiger partial charge in [-0.15, -0.1) is 0 Å². The van der Waals surface area contributed by atoms with Gasteiger partial charge in [-0.05, 0) is 12.5 Å². The summed E-state index contributed by atoms with van der Waals surface area (Å²) in [5, 5.41) is 11.0. The number of hydrogen-bond acceptors (Lipinski definition) is 3. The molecule has 1 aromatic carbocycles. The number of carboxylic acid groups (broad SMARTS) is 1. The maximum Gasteiger partial charge on any atom is 0.338 e. The van der Waals surface area contributed by atoms with E-state index >= 15 is 0 Å². The first-order valence-electron chi connectivity index (χ1n) is 6.24. The van der Waals surface area contributed by atoms with Crippen molar-refractivity contribution in [1.82, 2.24) is 4.90 Å². The molecular weight excluding hydrogens is 286 g/mol. The summed E-state index contributed by atoms with van der Waals surface area (Å²) in [5.41, 5.74) is -1.09. The van der Waals surface area contributed by atoms with E-state index in [9.17, 15) is 18.4 Å². The molecule has 0 aromatic heterocycles. The van der Waals surface area contributed by atoms with E-state index in [1.165, 1.54) is 11.9 Å². The molecule has 21 heavy (non-hydrogen) atoms. The predicted octanol–water partition coefficient (Wildman–Crippen LogP) is 1.92. The first-order valence-corrected chi connectivity index (χ1v) is 6.24. The summed E-state index contributed by atoms with van der Waals surface area (Å²) in [6.45, 7) is 0.923. The van der Waals surface area contributed by atoms with Gasteiger partial charge in [-0.2, -0.15) is 0 Å². The van der Waals surface area contributed by atoms with E-state index in [1.54, 1.807) is 0 Å². The third-order valence-corrected chi connectivity index (χ3v) is 3.30. The number of likely N-dealkylation sites (N-methyl/N-ethyl adjacent to an activating group) is 1. The fourth-order valence-corrected chi connectivity index (χ4v) is 2.01. The quantitative estimate of drug-likeness (QED) is 0.894. The number of ether oxygens (including phenoxy) is 1. The van der Waals surface area contributed by atoms with Crippen LogP contribution < -0.4 is 5.32 Å². The van der Waals surface area contributed by atoms with Gasteiger partial charge >= 0.3 is 12.0 Å². The summed E-state index contributed by atoms with van der Waals surface area (Å²) in [4.78, 5) is 24.1. The van der Waals surface area contributed by atoms with Crippen LogP contribution in [0.1, 0.15) is 16.8 Å². The largest absolute Gasteiger partial charge is 0.478 e. The Hall–Kier alpha value is -2.22. The van der Waals surface area contributed by atoms with Gasteiger partial charge in [-0.25, -0.2) is 18.4 Å². The summed E-state index contributed by atoms with van der Waals surface area (Å²) in [5.74, 6) is -3.78. The second-order valence-electron chi connectivity index (χ2n) is 4.68. The van der Waals surface area contributed by atoms with Crippen molar-refractivity contribution in [2.75, 3.05) is 25.6 Å². The van der Waals surface area contributed by atoms with Crippen molar-refractivity contribution in [1.29, 1.82) is 0 Å². The summed E-state index contributed by atoms with van der Waals surface area (Å²) in [6.07, 6.45) is 0.663. The smallest absolute Gasteiger partial charge is 0.338 e. The van der Waals surface area contributed by atoms with E-state index in [0.29, 0.717) is 25.7 Å². The predicted molar refractivity (Wildman–Crippen MR) is 69.3 cm³/mol. The Labute approximate surface area is 119 Å². The van der Waals surface area contributed by atoms with Gasteiger partial charge in [-0.1, -0.05) is 0 Å². The van der Waals surface area contributed by atoms with Gasteiger partial charge in [-0.3, -0.25) is 0 Å². The van der Waals surface area contributed by atoms with Crippen LogP contribution in [-0.2, 0) is 4.74 Å². The van der Waals surface area contributed by atoms with Crippen LogP contribution in [0.4, 0.5) is 19.3 Å². The third kappa shape index (κ3) is 3.27. The molecule has 2 N–H and O–H groups in total. The van der Waals surface area contributed by atoms with Crippen LogP contribution in [0.5, 0.6) is 0 Å². The maximum absolute atomic E-state index is 13.6. The molecule has 114 valence electrons. The molecule has 8 heteroatoms. The van der Waals surface area contributed by atoms with Crippen molar-refractivity contribution in [3.05, 3.63) is 29.3 Å². The number of amides is 2. The zero-order valence-corrected chi connectivity index (χ0v) is 11.2. The van der Waals surface area contributed by atoms with Crippen molar-refractivity contribution in [2.24, 2.45) is 0 Å². The number of nitrogens with one attached hydrogen (secondary N) is 1. The summed E-state index contributed by atoms with van der Waals surface area (Å²) >= 11 is 0. The highest BCUT2D eigenvalue weighted by Crippen LogP contribution is 2.21. The molecule has 1 aliphatic heterocycles. The molecule has 1 aromatic rings. The SMILES string of the molecule is CN(C(=O)Nc1cc(C(=O)O)c(F)cc1F)C1CCOC1. The minimum absolute atomic E-state index is 0.132. The van der Waals surface area contributed by atoms with E-state index in [2.05, 4.69) is 5.32 Å². The van der Waals surface area contributed by atoms with Crippen LogP contribution in [-0.4, -0.2) is 48.3 Å². The van der Waals surface area contributed by atoms with Crippen LogP contribution in [0.3, 0.4) is 0 Å². The Kier molecular flexibility index (Phi) is 4.37. The number of urea groups is 1. The van der Waals surface area contributed by atoms with E-state index < -0.39 is 29.2 Å². The Balaban J connectivity index is 2.16. The van der Waals surface area contributed by atoms with E-state index in [4.69, 9.17) is 9.84 Å². The summed E-state index contributed by atoms with van der Waals surface area (Å²) in [6, 6.07) is 0.432. The molecule has 1 aliphatic rings. The van der Waals surface area contributed by atoms with E-state index in [-0.39, 0.29) is 11.7 Å². The van der Waals surface area contributed by atoms with Crippen molar-refractivity contribution in [2.45, 2.75) is 12.5 Å². The maximum atomic E-state index is 13.6. The molecule has 0 bridgehead atoms. The first kappa shape index (κ1) is 15.2. The molecule has 0 saturated carbocycles. The fourth-order valence-electron chi connectivity index (χ4n) is 2.01. The van der Waals surface area contributed by atoms with Crippen molar-refractivity contribution in [3.8, 4) is 0 Å². The highest BCUT2D eigenvalue weighted by Gasteiger charge is 2.25. The Morgan fingerprint density at radius 2 is 2.10 bits per heavy atom. The Morgan fingerprint density at radius 1 is 1.38 bits per heavy atom. The molecule has 6 nitrogen and oxygen atoms in total. The average molecular weight is 300 g/mol. The lowest BCUT2D eigenvalue weighted by Crippen LogP contribution is -2.40. The first-order chi connectivity index (χ1) is 9.90. The monoisotopic (exact) mass is 300 g/mol. The molecule has 1 unspecified atom stereocenters. The Morgan fingerprint density at radius 3 is 2.67 bits per heavy atom. The standard InChI is InChI=1S/C13H14F2N2O4/c1-17(7-2-3-21-6-7)13(20)16-11-4-8(12(18)19)9(14)5-10(11)15/h4-5,7H,2-3,6H2,1H3,(H,16,20)(H,18,19). The van der Waals surface area contributed by atoms with Gasteiger partial charge in [0.2, 0.25) is 0 Å². The zero-order chi connectivity index (χ0) is 15.6. The number of aromatic carboxylic acids is 1. The molecule has 0 aliphatic carbocycles. The van der Waals surface area contributed by atoms with Crippen LogP contribution in [0, 0.1) is 11.6 Å². The lowest BCUT2D eigenvalue weighted by Gasteiger charge is -2.23. The van der Waals surface area contributed by atoms with Crippen LogP contribution in [0.2, 0.25) is 0 Å². The van der Waals surface area contributed by atoms with Crippen LogP contribution in [0.25, 0.3) is 0 Å². The minimum Gasteiger partial charge on any atom is -0.478 e. The lowest BCUT2D eigenvalue weighted by molar-refractivity contribution is 0.0691. The minimum atomic E-state index is -1.54. The van der Waals surface area contributed by atoms with E-state index in [1.807, 2.05) is 0 Å². The van der Waals surface area contributed by atoms with Crippen LogP contribution >= 0.6 is 0 Å². The number of rotatable bonds is 3. The number of halogens is 2. The number of benzene rings is 1. The number of carbonyl (C=O) groups excluding carboxylic acids is 1. The number of hydrogen-bond donors (Lipinski definition) is 2. The molecular formula is C13H14F2N2O4. The van der Waals surface area contributed by atoms with Gasteiger partial charge in [0.1, 0.15) is 11.6 Å². The molecule has 2 rings (SSSR count). The Bertz CT molecular complexity index is 574. The van der Waals surface area contributed by atoms with Gasteiger partial charge in [0, 0.05) is 19.7 Å². The zero-order valence-electron chi connectivity index (χ0n) is 11.2. The molecule has 1 heterocycles. The molecule has 0 radical (unpaired) electrons. The van der Waals surface area contributed by atoms with Crippen molar-refractivity contribution >= 4 is 17.7 Å². The van der Waals surface area contributed by atoms with Gasteiger partial charge in [0.05, 0.1) is 23.9 Å². The molecule has 1 saturated heterocycles. The molecule has 1 fully saturated rings. The fraction of sp³-hybridized carbons (Fsp3) is 0.385. The van der Waals surface area contributed by atoms with Crippen molar-refractivity contribution in [3.63, 3.8) is 0 Å². The number of carboxylic acids is 1. The van der Waals surface area contributed by atoms with Gasteiger partial charge < -0.3 is 20.1 Å². The second kappa shape index (κ2) is 6.04. The average Bonchev–Trinajstić information content (AvgIpc) is 2.94. The summed E-state index contributed by atoms with van der Waals surface area (Å²) < 4.78 is 32.0. The highest BCUT2D eigenvalue weighted by atomic mass is 19.1. The topological polar surface area (TPSA) is 78.9 Å². The number of anilines is 1. The molecule has 2 amide bonds. The normalized spacial score (nSPS) is 17.6. The number of nitrogens with zero attached hydrogens (tertiary/aromatic N) is 1. The van der Waals surface area contributed by atoms with Crippen molar-refractivity contribution < 1.29 is 28.2 Å². The lowest BCUT2D eigenvalue weighted by atomic mass is 10.2. The molecule has 1 atom stereocenters. The summed E-state index contributed by atoms with van der Waals surface area (Å²) in [7, 11) is 1.52. The molecule has 0 spiro atoms. The second-order valence-corrected chi connectivity index (χ2v) is 4.68. The van der Waals surface area contributed by atoms with Crippen LogP contribution in [0.15, 0.2) is 12.1 Å². The highest BCUT2D eigenvalue weighted by molar-refractivity contribution is 5.93. The van der Waals surface area contributed by atoms with Gasteiger partial charge in [0.25, 0.3) is 0 Å². The van der Waals surface area contributed by atoms with Gasteiger partial charge in [0.15, 0.2) is 0 Å². The van der Waals surface area contributed by atoms with E-state index in [0.717, 1.165) is 6.07 Å². The number of carbonyl (C=O) groups is 2. The third-order valence-electron chi connectivity index (χ3n) is 3.30.